The molecule has 0 saturated heterocycles. The second-order valence-electron chi connectivity index (χ2n) is 4.04. The first-order valence-corrected chi connectivity index (χ1v) is 6.81. The van der Waals surface area contributed by atoms with Gasteiger partial charge in [0.1, 0.15) is 0 Å². The highest BCUT2D eigenvalue weighted by molar-refractivity contribution is 5.73. The predicted molar refractivity (Wildman–Crippen MR) is 72.8 cm³/mol. The molecule has 0 heterocycles. The summed E-state index contributed by atoms with van der Waals surface area (Å²) < 4.78 is 1.01. The standard InChI is InChI=1S/C13H30N3.BrH/c1-7-14-13(15(8-2)9-3)16(10-4,11-5)12-6;/h7-12H2,1-6H3;1H/q+1;/p-1. The molecule has 0 radical (unpaired) electrons. The van der Waals surface area contributed by atoms with Gasteiger partial charge in [0.05, 0.1) is 19.6 Å². The Morgan fingerprint density at radius 2 is 1.29 bits per heavy atom. The number of aliphatic imine (C=N–C) groups is 1. The van der Waals surface area contributed by atoms with Gasteiger partial charge in [0.15, 0.2) is 0 Å². The topological polar surface area (TPSA) is 15.6 Å². The fraction of sp³-hybridized carbons (Fsp3) is 0.923. The van der Waals surface area contributed by atoms with Crippen molar-refractivity contribution in [1.29, 1.82) is 0 Å². The molecule has 0 spiro atoms. The van der Waals surface area contributed by atoms with E-state index in [-0.39, 0.29) is 17.0 Å². The lowest BCUT2D eigenvalue weighted by molar-refractivity contribution is -0.841. The minimum absolute atomic E-state index is 0. The second kappa shape index (κ2) is 9.89. The molecule has 0 aromatic carbocycles. The van der Waals surface area contributed by atoms with Crippen LogP contribution >= 0.6 is 0 Å². The van der Waals surface area contributed by atoms with Gasteiger partial charge in [0.2, 0.25) is 0 Å². The summed E-state index contributed by atoms with van der Waals surface area (Å²) in [5.74, 6) is 1.28. The van der Waals surface area contributed by atoms with Crippen LogP contribution in [0, 0.1) is 0 Å². The zero-order chi connectivity index (χ0) is 12.6. The highest BCUT2D eigenvalue weighted by Gasteiger charge is 2.32. The van der Waals surface area contributed by atoms with Gasteiger partial charge in [0.25, 0.3) is 5.96 Å². The van der Waals surface area contributed by atoms with Crippen LogP contribution in [0.3, 0.4) is 0 Å². The predicted octanol–water partition coefficient (Wildman–Crippen LogP) is -0.415. The fourth-order valence-electron chi connectivity index (χ4n) is 2.29. The monoisotopic (exact) mass is 307 g/mol. The van der Waals surface area contributed by atoms with Crippen molar-refractivity contribution in [3.63, 3.8) is 0 Å². The maximum atomic E-state index is 4.77. The van der Waals surface area contributed by atoms with Crippen LogP contribution in [0.15, 0.2) is 4.99 Å². The average Bonchev–Trinajstić information content (AvgIpc) is 2.33. The van der Waals surface area contributed by atoms with Crippen LogP contribution in [0.25, 0.3) is 0 Å². The molecule has 104 valence electrons. The molecule has 0 aliphatic carbocycles. The minimum atomic E-state index is 0. The van der Waals surface area contributed by atoms with Crippen LogP contribution in [0.5, 0.6) is 0 Å². The molecule has 0 fully saturated rings. The lowest BCUT2D eigenvalue weighted by Gasteiger charge is -2.39. The van der Waals surface area contributed by atoms with Gasteiger partial charge in [-0.1, -0.05) is 0 Å². The Balaban J connectivity index is 0. The van der Waals surface area contributed by atoms with Crippen LogP contribution in [-0.2, 0) is 0 Å². The summed E-state index contributed by atoms with van der Waals surface area (Å²) in [6, 6.07) is 0. The van der Waals surface area contributed by atoms with E-state index in [0.717, 1.165) is 43.8 Å². The summed E-state index contributed by atoms with van der Waals surface area (Å²) >= 11 is 0. The van der Waals surface area contributed by atoms with Crippen molar-refractivity contribution >= 4 is 5.96 Å². The number of halogens is 1. The summed E-state index contributed by atoms with van der Waals surface area (Å²) in [5, 5.41) is 0. The second-order valence-corrected chi connectivity index (χ2v) is 4.04. The molecule has 0 bridgehead atoms. The zero-order valence-corrected chi connectivity index (χ0v) is 14.0. The first-order chi connectivity index (χ1) is 7.65. The molecule has 0 amide bonds. The molecule has 0 N–H and O–H groups in total. The van der Waals surface area contributed by atoms with Crippen molar-refractivity contribution in [2.75, 3.05) is 39.3 Å². The van der Waals surface area contributed by atoms with Crippen LogP contribution in [0.2, 0.25) is 0 Å². The lowest BCUT2D eigenvalue weighted by Crippen LogP contribution is -3.00. The third kappa shape index (κ3) is 4.59. The summed E-state index contributed by atoms with van der Waals surface area (Å²) in [5.41, 5.74) is 0. The van der Waals surface area contributed by atoms with Gasteiger partial charge in [-0.3, -0.25) is 4.48 Å². The highest BCUT2D eigenvalue weighted by Crippen LogP contribution is 2.12. The number of nitrogens with zero attached hydrogens (tertiary/aromatic N) is 3. The first kappa shape index (κ1) is 19.3. The molecular weight excluding hydrogens is 278 g/mol. The maximum absolute atomic E-state index is 4.77. The number of hydrogen-bond donors (Lipinski definition) is 0. The van der Waals surface area contributed by atoms with Crippen molar-refractivity contribution in [2.45, 2.75) is 41.5 Å². The summed E-state index contributed by atoms with van der Waals surface area (Å²) in [6.07, 6.45) is 0. The molecule has 0 aliphatic heterocycles. The van der Waals surface area contributed by atoms with E-state index in [1.807, 2.05) is 0 Å². The van der Waals surface area contributed by atoms with E-state index in [4.69, 9.17) is 4.99 Å². The quantitative estimate of drug-likeness (QED) is 0.370. The molecule has 3 nitrogen and oxygen atoms in total. The molecule has 0 aliphatic rings. The van der Waals surface area contributed by atoms with Crippen LogP contribution in [0.1, 0.15) is 41.5 Å². The van der Waals surface area contributed by atoms with Crippen LogP contribution in [-0.4, -0.2) is 54.6 Å². The van der Waals surface area contributed by atoms with Crippen molar-refractivity contribution in [2.24, 2.45) is 4.99 Å². The average molecular weight is 308 g/mol. The molecule has 4 heteroatoms. The third-order valence-electron chi connectivity index (χ3n) is 3.59. The Morgan fingerprint density at radius 3 is 1.53 bits per heavy atom. The minimum Gasteiger partial charge on any atom is -1.00 e. The van der Waals surface area contributed by atoms with Crippen molar-refractivity contribution < 1.29 is 21.5 Å². The largest absolute Gasteiger partial charge is 1.00 e. The molecule has 0 aromatic heterocycles. The van der Waals surface area contributed by atoms with E-state index in [1.165, 1.54) is 5.96 Å². The Labute approximate surface area is 118 Å². The van der Waals surface area contributed by atoms with Gasteiger partial charge < -0.3 is 21.9 Å². The van der Waals surface area contributed by atoms with Crippen molar-refractivity contribution in [3.8, 4) is 0 Å². The van der Waals surface area contributed by atoms with E-state index >= 15 is 0 Å². The number of quaternary nitrogens is 1. The van der Waals surface area contributed by atoms with E-state index in [2.05, 4.69) is 46.4 Å². The molecule has 0 atom stereocenters. The van der Waals surface area contributed by atoms with Crippen molar-refractivity contribution in [3.05, 3.63) is 0 Å². The summed E-state index contributed by atoms with van der Waals surface area (Å²) in [7, 11) is 0. The molecule has 0 saturated carbocycles. The van der Waals surface area contributed by atoms with Gasteiger partial charge >= 0.3 is 0 Å². The number of rotatable bonds is 6. The lowest BCUT2D eigenvalue weighted by atomic mass is 10.3. The third-order valence-corrected chi connectivity index (χ3v) is 3.59. The summed E-state index contributed by atoms with van der Waals surface area (Å²) in [6.45, 7) is 19.7. The number of hydrogen-bond acceptors (Lipinski definition) is 1. The molecular formula is C13H30BrN3. The Bertz CT molecular complexity index is 200. The van der Waals surface area contributed by atoms with Gasteiger partial charge in [-0.2, -0.15) is 0 Å². The Morgan fingerprint density at radius 1 is 0.882 bits per heavy atom. The zero-order valence-electron chi connectivity index (χ0n) is 12.5. The smallest absolute Gasteiger partial charge is 0.300 e. The Kier molecular flexibility index (Phi) is 11.2. The van der Waals surface area contributed by atoms with Crippen molar-refractivity contribution in [1.82, 2.24) is 4.90 Å². The maximum Gasteiger partial charge on any atom is 0.300 e. The van der Waals surface area contributed by atoms with E-state index in [0.29, 0.717) is 0 Å². The molecule has 0 unspecified atom stereocenters. The van der Waals surface area contributed by atoms with Crippen LogP contribution in [0.4, 0.5) is 0 Å². The van der Waals surface area contributed by atoms with E-state index in [9.17, 15) is 0 Å². The fourth-order valence-corrected chi connectivity index (χ4v) is 2.29. The number of guanidine groups is 1. The van der Waals surface area contributed by atoms with E-state index < -0.39 is 0 Å². The SMILES string of the molecule is CCN=C(N(CC)CC)[N+](CC)(CC)CC.[Br-]. The van der Waals surface area contributed by atoms with E-state index in [1.54, 1.807) is 0 Å². The molecule has 0 rings (SSSR count). The van der Waals surface area contributed by atoms with Gasteiger partial charge in [-0.15, -0.1) is 0 Å². The normalized spacial score (nSPS) is 12.2. The highest BCUT2D eigenvalue weighted by atomic mass is 79.9. The van der Waals surface area contributed by atoms with Gasteiger partial charge in [-0.25, -0.2) is 4.99 Å². The summed E-state index contributed by atoms with van der Waals surface area (Å²) in [4.78, 5) is 7.17. The molecule has 0 aromatic rings. The Hall–Kier alpha value is -0.0900. The first-order valence-electron chi connectivity index (χ1n) is 6.81. The molecule has 17 heavy (non-hydrogen) atoms. The van der Waals surface area contributed by atoms with Gasteiger partial charge in [-0.05, 0) is 41.5 Å². The van der Waals surface area contributed by atoms with Crippen LogP contribution < -0.4 is 17.0 Å². The van der Waals surface area contributed by atoms with Gasteiger partial charge in [0, 0.05) is 19.6 Å².